The number of carbonyl (C=O) groups excluding carboxylic acids is 1. The van der Waals surface area contributed by atoms with Crippen molar-refractivity contribution in [3.05, 3.63) is 33.2 Å². The minimum Gasteiger partial charge on any atom is -0.480 e. The Bertz CT molecular complexity index is 591. The summed E-state index contributed by atoms with van der Waals surface area (Å²) in [7, 11) is 0. The van der Waals surface area contributed by atoms with Crippen molar-refractivity contribution in [2.24, 2.45) is 0 Å². The number of carboxylic acid groups (broad SMARTS) is 1. The lowest BCUT2D eigenvalue weighted by atomic mass is 9.95. The monoisotopic (exact) mass is 278 g/mol. The first kappa shape index (κ1) is 14.3. The lowest BCUT2D eigenvalue weighted by Gasteiger charge is -2.17. The maximum Gasteiger partial charge on any atom is 0.326 e. The van der Waals surface area contributed by atoms with Crippen molar-refractivity contribution in [3.63, 3.8) is 0 Å². The number of fused-ring (bicyclic) bond motifs is 1. The van der Waals surface area contributed by atoms with E-state index in [1.165, 1.54) is 0 Å². The Labute approximate surface area is 116 Å². The second-order valence-corrected chi connectivity index (χ2v) is 5.00. The zero-order valence-electron chi connectivity index (χ0n) is 11.4. The molecule has 1 aromatic heterocycles. The number of aromatic amines is 1. The van der Waals surface area contributed by atoms with Crippen molar-refractivity contribution >= 4 is 11.9 Å². The van der Waals surface area contributed by atoms with E-state index in [9.17, 15) is 14.4 Å². The van der Waals surface area contributed by atoms with E-state index in [2.05, 4.69) is 10.3 Å². The molecule has 6 nitrogen and oxygen atoms in total. The van der Waals surface area contributed by atoms with Gasteiger partial charge in [-0.3, -0.25) is 9.59 Å². The number of hydrogen-bond acceptors (Lipinski definition) is 3. The number of nitrogens with one attached hydrogen (secondary N) is 2. The van der Waals surface area contributed by atoms with Crippen LogP contribution in [0.3, 0.4) is 0 Å². The molecule has 20 heavy (non-hydrogen) atoms. The number of aliphatic carboxylic acids is 1. The van der Waals surface area contributed by atoms with Gasteiger partial charge in [0.25, 0.3) is 11.5 Å². The molecule has 0 aliphatic heterocycles. The Kier molecular flexibility index (Phi) is 4.22. The molecule has 1 aliphatic carbocycles. The van der Waals surface area contributed by atoms with Crippen LogP contribution in [0.25, 0.3) is 0 Å². The first-order valence-electron chi connectivity index (χ1n) is 6.81. The standard InChI is InChI=1S/C14H18N2O4/c1-2-10(14(19)20)15-12(17)9-7-8-5-3-4-6-11(8)16-13(9)18/h7,10H,2-6H2,1H3,(H,15,17)(H,16,18)(H,19,20). The number of hydrogen-bond donors (Lipinski definition) is 3. The minimum atomic E-state index is -1.10. The number of rotatable bonds is 4. The van der Waals surface area contributed by atoms with Crippen LogP contribution in [0.4, 0.5) is 0 Å². The number of pyridine rings is 1. The number of H-pyrrole nitrogens is 1. The van der Waals surface area contributed by atoms with Crippen LogP contribution in [-0.2, 0) is 17.6 Å². The SMILES string of the molecule is CCC(NC(=O)c1cc2c([nH]c1=O)CCCC2)C(=O)O. The van der Waals surface area contributed by atoms with Crippen molar-refractivity contribution in [2.75, 3.05) is 0 Å². The highest BCUT2D eigenvalue weighted by molar-refractivity contribution is 5.96. The molecule has 108 valence electrons. The summed E-state index contributed by atoms with van der Waals surface area (Å²) < 4.78 is 0. The fourth-order valence-corrected chi connectivity index (χ4v) is 2.42. The lowest BCUT2D eigenvalue weighted by molar-refractivity contribution is -0.139. The second-order valence-electron chi connectivity index (χ2n) is 5.00. The summed E-state index contributed by atoms with van der Waals surface area (Å²) in [6.45, 7) is 1.66. The molecule has 1 aromatic rings. The third-order valence-corrected chi connectivity index (χ3v) is 3.59. The first-order valence-corrected chi connectivity index (χ1v) is 6.81. The third-order valence-electron chi connectivity index (χ3n) is 3.59. The summed E-state index contributed by atoms with van der Waals surface area (Å²) in [4.78, 5) is 37.6. The van der Waals surface area contributed by atoms with Gasteiger partial charge in [-0.2, -0.15) is 0 Å². The van der Waals surface area contributed by atoms with E-state index in [4.69, 9.17) is 5.11 Å². The fourth-order valence-electron chi connectivity index (χ4n) is 2.42. The van der Waals surface area contributed by atoms with Gasteiger partial charge in [-0.05, 0) is 43.7 Å². The molecule has 0 spiro atoms. The molecule has 3 N–H and O–H groups in total. The van der Waals surface area contributed by atoms with Crippen molar-refractivity contribution in [3.8, 4) is 0 Å². The van der Waals surface area contributed by atoms with Crippen molar-refractivity contribution in [2.45, 2.75) is 45.1 Å². The number of carbonyl (C=O) groups is 2. The van der Waals surface area contributed by atoms with E-state index < -0.39 is 23.5 Å². The molecule has 0 radical (unpaired) electrons. The molecule has 1 aliphatic rings. The predicted molar refractivity (Wildman–Crippen MR) is 72.9 cm³/mol. The molecule has 1 heterocycles. The van der Waals surface area contributed by atoms with Crippen molar-refractivity contribution in [1.29, 1.82) is 0 Å². The average molecular weight is 278 g/mol. The van der Waals surface area contributed by atoms with Gasteiger partial charge in [0.15, 0.2) is 0 Å². The Morgan fingerprint density at radius 3 is 2.75 bits per heavy atom. The zero-order valence-corrected chi connectivity index (χ0v) is 11.4. The van der Waals surface area contributed by atoms with Gasteiger partial charge in [0.2, 0.25) is 0 Å². The van der Waals surface area contributed by atoms with Gasteiger partial charge in [-0.15, -0.1) is 0 Å². The summed E-state index contributed by atoms with van der Waals surface area (Å²) >= 11 is 0. The molecule has 1 unspecified atom stereocenters. The van der Waals surface area contributed by atoms with E-state index in [1.54, 1.807) is 13.0 Å². The van der Waals surface area contributed by atoms with Gasteiger partial charge in [0.05, 0.1) is 0 Å². The maximum absolute atomic E-state index is 12.0. The minimum absolute atomic E-state index is 0.00894. The van der Waals surface area contributed by atoms with E-state index in [1.807, 2.05) is 0 Å². The van der Waals surface area contributed by atoms with Crippen LogP contribution in [0, 0.1) is 0 Å². The van der Waals surface area contributed by atoms with Crippen molar-refractivity contribution in [1.82, 2.24) is 10.3 Å². The second kappa shape index (κ2) is 5.90. The number of aryl methyl sites for hydroxylation is 2. The molecule has 2 rings (SSSR count). The summed E-state index contributed by atoms with van der Waals surface area (Å²) in [5, 5.41) is 11.3. The highest BCUT2D eigenvalue weighted by Crippen LogP contribution is 2.18. The number of aromatic nitrogens is 1. The van der Waals surface area contributed by atoms with Crippen LogP contribution in [-0.4, -0.2) is 28.0 Å². The average Bonchev–Trinajstić information content (AvgIpc) is 2.43. The molecule has 1 atom stereocenters. The highest BCUT2D eigenvalue weighted by atomic mass is 16.4. The van der Waals surface area contributed by atoms with Gasteiger partial charge in [0.1, 0.15) is 11.6 Å². The molecule has 0 bridgehead atoms. The molecule has 0 aromatic carbocycles. The Balaban J connectivity index is 2.26. The van der Waals surface area contributed by atoms with Crippen LogP contribution < -0.4 is 10.9 Å². The number of carboxylic acids is 1. The van der Waals surface area contributed by atoms with Gasteiger partial charge < -0.3 is 15.4 Å². The summed E-state index contributed by atoms with van der Waals surface area (Å²) in [5.74, 6) is -1.73. The van der Waals surface area contributed by atoms with E-state index >= 15 is 0 Å². The zero-order chi connectivity index (χ0) is 14.7. The molecular weight excluding hydrogens is 260 g/mol. The van der Waals surface area contributed by atoms with Crippen LogP contribution in [0.15, 0.2) is 10.9 Å². The Hall–Kier alpha value is -2.11. The molecule has 0 saturated carbocycles. The van der Waals surface area contributed by atoms with Crippen LogP contribution in [0.1, 0.15) is 47.8 Å². The van der Waals surface area contributed by atoms with Crippen molar-refractivity contribution < 1.29 is 14.7 Å². The van der Waals surface area contributed by atoms with Crippen LogP contribution in [0.2, 0.25) is 0 Å². The predicted octanol–water partition coefficient (Wildman–Crippen LogP) is 0.847. The lowest BCUT2D eigenvalue weighted by Crippen LogP contribution is -2.42. The first-order chi connectivity index (χ1) is 9.52. The number of amides is 1. The van der Waals surface area contributed by atoms with Gasteiger partial charge in [-0.25, -0.2) is 4.79 Å². The summed E-state index contributed by atoms with van der Waals surface area (Å²) in [6, 6.07) is 0.620. The van der Waals surface area contributed by atoms with Crippen LogP contribution >= 0.6 is 0 Å². The van der Waals surface area contributed by atoms with E-state index in [0.717, 1.165) is 36.9 Å². The van der Waals surface area contributed by atoms with E-state index in [-0.39, 0.29) is 12.0 Å². The molecule has 1 amide bonds. The maximum atomic E-state index is 12.0. The Morgan fingerprint density at radius 2 is 2.10 bits per heavy atom. The van der Waals surface area contributed by atoms with Gasteiger partial charge in [0, 0.05) is 5.69 Å². The molecule has 0 saturated heterocycles. The largest absolute Gasteiger partial charge is 0.480 e. The third kappa shape index (κ3) is 2.89. The molecular formula is C14H18N2O4. The Morgan fingerprint density at radius 1 is 1.40 bits per heavy atom. The summed E-state index contributed by atoms with van der Waals surface area (Å²) in [6.07, 6.45) is 3.99. The normalized spacial score (nSPS) is 15.2. The quantitative estimate of drug-likeness (QED) is 0.760. The smallest absolute Gasteiger partial charge is 0.326 e. The topological polar surface area (TPSA) is 99.3 Å². The van der Waals surface area contributed by atoms with Gasteiger partial charge >= 0.3 is 5.97 Å². The molecule has 6 heteroatoms. The van der Waals surface area contributed by atoms with Gasteiger partial charge in [-0.1, -0.05) is 6.92 Å². The van der Waals surface area contributed by atoms with E-state index in [0.29, 0.717) is 0 Å². The van der Waals surface area contributed by atoms with Crippen LogP contribution in [0.5, 0.6) is 0 Å². The highest BCUT2D eigenvalue weighted by Gasteiger charge is 2.22. The fraction of sp³-hybridized carbons (Fsp3) is 0.500. The molecule has 0 fully saturated rings. The summed E-state index contributed by atoms with van der Waals surface area (Å²) in [5.41, 5.74) is 1.40.